The van der Waals surface area contributed by atoms with Crippen molar-refractivity contribution in [2.24, 2.45) is 5.92 Å². The van der Waals surface area contributed by atoms with Crippen molar-refractivity contribution >= 4 is 29.1 Å². The fourth-order valence-electron chi connectivity index (χ4n) is 4.21. The van der Waals surface area contributed by atoms with Gasteiger partial charge in [0.15, 0.2) is 0 Å². The Balaban J connectivity index is 1.49. The van der Waals surface area contributed by atoms with Crippen LogP contribution in [0.25, 0.3) is 0 Å². The standard InChI is InChI=1S/C21H30ClN3O3/c1-28-14-20(26)24-17-6-4-5-15(11-17)13-23-21(27)16-7-8-19(18(22)12-16)25-9-2-3-10-25/h7-8,12,15,17H,2-6,9-11,13-14H2,1H3,(H,23,27)(H,24,26)/t15-,17+/m1/s1. The Morgan fingerprint density at radius 1 is 1.21 bits per heavy atom. The van der Waals surface area contributed by atoms with Gasteiger partial charge in [-0.25, -0.2) is 0 Å². The molecule has 3 rings (SSSR count). The van der Waals surface area contributed by atoms with E-state index in [4.69, 9.17) is 16.3 Å². The maximum atomic E-state index is 12.5. The molecule has 1 aliphatic carbocycles. The van der Waals surface area contributed by atoms with E-state index in [0.29, 0.717) is 23.0 Å². The summed E-state index contributed by atoms with van der Waals surface area (Å²) in [6, 6.07) is 5.72. The van der Waals surface area contributed by atoms with E-state index in [1.165, 1.54) is 20.0 Å². The molecule has 7 heteroatoms. The van der Waals surface area contributed by atoms with E-state index in [0.717, 1.165) is 44.5 Å². The molecule has 6 nitrogen and oxygen atoms in total. The molecule has 2 aliphatic rings. The van der Waals surface area contributed by atoms with Crippen LogP contribution in [0, 0.1) is 5.92 Å². The maximum absolute atomic E-state index is 12.5. The lowest BCUT2D eigenvalue weighted by Gasteiger charge is -2.30. The third-order valence-electron chi connectivity index (χ3n) is 5.63. The minimum atomic E-state index is -0.0968. The van der Waals surface area contributed by atoms with Crippen LogP contribution in [0.3, 0.4) is 0 Å². The molecule has 1 aliphatic heterocycles. The fourth-order valence-corrected chi connectivity index (χ4v) is 4.51. The number of amides is 2. The first-order valence-electron chi connectivity index (χ1n) is 10.2. The molecular weight excluding hydrogens is 378 g/mol. The SMILES string of the molecule is COCC(=O)N[C@H]1CCC[C@@H](CNC(=O)c2ccc(N3CCCC3)c(Cl)c2)C1. The van der Waals surface area contributed by atoms with E-state index in [1.807, 2.05) is 12.1 Å². The smallest absolute Gasteiger partial charge is 0.251 e. The summed E-state index contributed by atoms with van der Waals surface area (Å²) in [6.45, 7) is 2.75. The van der Waals surface area contributed by atoms with Gasteiger partial charge in [-0.05, 0) is 56.2 Å². The monoisotopic (exact) mass is 407 g/mol. The summed E-state index contributed by atoms with van der Waals surface area (Å²) in [5, 5.41) is 6.68. The summed E-state index contributed by atoms with van der Waals surface area (Å²) in [5.41, 5.74) is 1.60. The molecule has 1 saturated heterocycles. The Morgan fingerprint density at radius 2 is 2.00 bits per heavy atom. The second kappa shape index (κ2) is 10.1. The van der Waals surface area contributed by atoms with Gasteiger partial charge in [-0.2, -0.15) is 0 Å². The summed E-state index contributed by atoms with van der Waals surface area (Å²) in [7, 11) is 1.52. The molecule has 0 bridgehead atoms. The van der Waals surface area contributed by atoms with Crippen LogP contribution in [-0.2, 0) is 9.53 Å². The highest BCUT2D eigenvalue weighted by atomic mass is 35.5. The van der Waals surface area contributed by atoms with Gasteiger partial charge >= 0.3 is 0 Å². The zero-order valence-electron chi connectivity index (χ0n) is 16.5. The van der Waals surface area contributed by atoms with Gasteiger partial charge in [-0.1, -0.05) is 18.0 Å². The lowest BCUT2D eigenvalue weighted by Crippen LogP contribution is -2.42. The number of nitrogens with one attached hydrogen (secondary N) is 2. The van der Waals surface area contributed by atoms with Gasteiger partial charge in [0, 0.05) is 38.3 Å². The van der Waals surface area contributed by atoms with Crippen LogP contribution < -0.4 is 15.5 Å². The normalized spacial score (nSPS) is 22.1. The number of rotatable bonds is 7. The van der Waals surface area contributed by atoms with Crippen LogP contribution in [0.5, 0.6) is 0 Å². The van der Waals surface area contributed by atoms with E-state index in [9.17, 15) is 9.59 Å². The number of benzene rings is 1. The number of carbonyl (C=O) groups is 2. The molecule has 1 aromatic rings. The molecule has 0 aromatic heterocycles. The first-order valence-corrected chi connectivity index (χ1v) is 10.6. The number of carbonyl (C=O) groups excluding carboxylic acids is 2. The van der Waals surface area contributed by atoms with Crippen LogP contribution in [0.2, 0.25) is 5.02 Å². The van der Waals surface area contributed by atoms with Gasteiger partial charge in [-0.3, -0.25) is 9.59 Å². The van der Waals surface area contributed by atoms with Crippen molar-refractivity contribution in [3.05, 3.63) is 28.8 Å². The molecule has 1 aromatic carbocycles. The largest absolute Gasteiger partial charge is 0.375 e. The number of halogens is 1. The van der Waals surface area contributed by atoms with Crippen molar-refractivity contribution in [2.45, 2.75) is 44.6 Å². The average Bonchev–Trinajstić information content (AvgIpc) is 3.21. The van der Waals surface area contributed by atoms with Gasteiger partial charge in [-0.15, -0.1) is 0 Å². The molecule has 154 valence electrons. The Hall–Kier alpha value is -1.79. The van der Waals surface area contributed by atoms with Crippen molar-refractivity contribution in [3.8, 4) is 0 Å². The highest BCUT2D eigenvalue weighted by molar-refractivity contribution is 6.33. The number of hydrogen-bond acceptors (Lipinski definition) is 4. The molecule has 0 radical (unpaired) electrons. The van der Waals surface area contributed by atoms with Crippen LogP contribution in [0.15, 0.2) is 18.2 Å². The van der Waals surface area contributed by atoms with E-state index in [2.05, 4.69) is 15.5 Å². The molecule has 2 fully saturated rings. The average molecular weight is 408 g/mol. The highest BCUT2D eigenvalue weighted by Gasteiger charge is 2.24. The lowest BCUT2D eigenvalue weighted by atomic mass is 9.85. The van der Waals surface area contributed by atoms with Gasteiger partial charge < -0.3 is 20.3 Å². The Bertz CT molecular complexity index is 691. The van der Waals surface area contributed by atoms with E-state index < -0.39 is 0 Å². The van der Waals surface area contributed by atoms with Gasteiger partial charge in [0.05, 0.1) is 10.7 Å². The Morgan fingerprint density at radius 3 is 2.71 bits per heavy atom. The van der Waals surface area contributed by atoms with Crippen molar-refractivity contribution in [2.75, 3.05) is 38.3 Å². The summed E-state index contributed by atoms with van der Waals surface area (Å²) in [4.78, 5) is 26.5. The van der Waals surface area contributed by atoms with E-state index in [-0.39, 0.29) is 24.5 Å². The van der Waals surface area contributed by atoms with Gasteiger partial charge in [0.2, 0.25) is 5.91 Å². The molecule has 2 atom stereocenters. The minimum Gasteiger partial charge on any atom is -0.375 e. The number of nitrogens with zero attached hydrogens (tertiary/aromatic N) is 1. The van der Waals surface area contributed by atoms with Gasteiger partial charge in [0.25, 0.3) is 5.91 Å². The third kappa shape index (κ3) is 5.61. The molecule has 1 saturated carbocycles. The lowest BCUT2D eigenvalue weighted by molar-refractivity contribution is -0.125. The molecule has 2 amide bonds. The fraction of sp³-hybridized carbons (Fsp3) is 0.619. The maximum Gasteiger partial charge on any atom is 0.251 e. The molecule has 28 heavy (non-hydrogen) atoms. The zero-order chi connectivity index (χ0) is 19.9. The number of anilines is 1. The number of hydrogen-bond donors (Lipinski definition) is 2. The Kier molecular flexibility index (Phi) is 7.57. The third-order valence-corrected chi connectivity index (χ3v) is 5.93. The quantitative estimate of drug-likeness (QED) is 0.728. The van der Waals surface area contributed by atoms with Gasteiger partial charge in [0.1, 0.15) is 6.61 Å². The summed E-state index contributed by atoms with van der Waals surface area (Å²) < 4.78 is 4.87. The molecule has 2 N–H and O–H groups in total. The summed E-state index contributed by atoms with van der Waals surface area (Å²) in [5.74, 6) is 0.190. The van der Waals surface area contributed by atoms with Crippen LogP contribution >= 0.6 is 11.6 Å². The topological polar surface area (TPSA) is 70.7 Å². The molecule has 0 spiro atoms. The number of ether oxygens (including phenoxy) is 1. The Labute approximate surface area is 171 Å². The van der Waals surface area contributed by atoms with Crippen LogP contribution in [0.1, 0.15) is 48.9 Å². The summed E-state index contributed by atoms with van der Waals surface area (Å²) in [6.07, 6.45) is 6.35. The number of methoxy groups -OCH3 is 1. The second-order valence-electron chi connectivity index (χ2n) is 7.80. The first kappa shape index (κ1) is 20.9. The van der Waals surface area contributed by atoms with Crippen LogP contribution in [-0.4, -0.2) is 51.2 Å². The molecular formula is C21H30ClN3O3. The second-order valence-corrected chi connectivity index (χ2v) is 8.21. The highest BCUT2D eigenvalue weighted by Crippen LogP contribution is 2.29. The van der Waals surface area contributed by atoms with Crippen molar-refractivity contribution < 1.29 is 14.3 Å². The van der Waals surface area contributed by atoms with Crippen molar-refractivity contribution in [1.82, 2.24) is 10.6 Å². The van der Waals surface area contributed by atoms with Crippen LogP contribution in [0.4, 0.5) is 5.69 Å². The van der Waals surface area contributed by atoms with E-state index >= 15 is 0 Å². The van der Waals surface area contributed by atoms with Crippen molar-refractivity contribution in [1.29, 1.82) is 0 Å². The zero-order valence-corrected chi connectivity index (χ0v) is 17.3. The molecule has 1 heterocycles. The van der Waals surface area contributed by atoms with Crippen molar-refractivity contribution in [3.63, 3.8) is 0 Å². The minimum absolute atomic E-state index is 0.0788. The predicted octanol–water partition coefficient (Wildman–Crippen LogP) is 2.99. The predicted molar refractivity (Wildman–Crippen MR) is 111 cm³/mol. The first-order chi connectivity index (χ1) is 13.6. The van der Waals surface area contributed by atoms with E-state index in [1.54, 1.807) is 6.07 Å². The molecule has 0 unspecified atom stereocenters. The summed E-state index contributed by atoms with van der Waals surface area (Å²) >= 11 is 6.42.